The van der Waals surface area contributed by atoms with E-state index in [2.05, 4.69) is 15.3 Å². The van der Waals surface area contributed by atoms with E-state index in [0.717, 1.165) is 10.7 Å². The molecular weight excluding hydrogens is 263 g/mol. The Hall–Kier alpha value is -2.63. The minimum Gasteiger partial charge on any atom is -0.419 e. The van der Waals surface area contributed by atoms with Crippen LogP contribution in [0.1, 0.15) is 11.3 Å². The van der Waals surface area contributed by atoms with Crippen LogP contribution in [-0.4, -0.2) is 20.0 Å². The summed E-state index contributed by atoms with van der Waals surface area (Å²) in [4.78, 5) is 0. The summed E-state index contributed by atoms with van der Waals surface area (Å²) in [5.74, 6) is -0.243. The van der Waals surface area contributed by atoms with Crippen molar-refractivity contribution in [3.63, 3.8) is 0 Å². The van der Waals surface area contributed by atoms with E-state index in [1.165, 1.54) is 19.3 Å². The fourth-order valence-corrected chi connectivity index (χ4v) is 1.25. The predicted octanol–water partition coefficient (Wildman–Crippen LogP) is 1.89. The summed E-state index contributed by atoms with van der Waals surface area (Å²) < 4.78 is 43.3. The van der Waals surface area contributed by atoms with E-state index < -0.39 is 11.9 Å². The van der Waals surface area contributed by atoms with Gasteiger partial charge in [0.2, 0.25) is 11.8 Å². The van der Waals surface area contributed by atoms with Gasteiger partial charge < -0.3 is 4.74 Å². The molecule has 2 aromatic rings. The number of alkyl halides is 3. The fraction of sp³-hybridized carbons (Fsp3) is 0.200. The minimum atomic E-state index is -4.56. The second-order valence-corrected chi connectivity index (χ2v) is 3.49. The lowest BCUT2D eigenvalue weighted by Crippen LogP contribution is -2.06. The van der Waals surface area contributed by atoms with Gasteiger partial charge in [-0.15, -0.1) is 5.10 Å². The van der Waals surface area contributed by atoms with Crippen molar-refractivity contribution in [3.05, 3.63) is 29.6 Å². The van der Waals surface area contributed by atoms with Crippen molar-refractivity contribution in [1.82, 2.24) is 20.0 Å². The second kappa shape index (κ2) is 4.56. The van der Waals surface area contributed by atoms with Crippen LogP contribution in [0.3, 0.4) is 0 Å². The van der Waals surface area contributed by atoms with Crippen molar-refractivity contribution in [3.8, 4) is 17.8 Å². The van der Waals surface area contributed by atoms with Gasteiger partial charge in [0.25, 0.3) is 0 Å². The monoisotopic (exact) mass is 269 g/mol. The number of aromatic nitrogens is 4. The van der Waals surface area contributed by atoms with Crippen molar-refractivity contribution in [2.75, 3.05) is 0 Å². The van der Waals surface area contributed by atoms with E-state index in [-0.39, 0.29) is 17.3 Å². The first-order valence-corrected chi connectivity index (χ1v) is 4.92. The summed E-state index contributed by atoms with van der Waals surface area (Å²) in [6.45, 7) is 0. The lowest BCUT2D eigenvalue weighted by atomic mass is 10.3. The number of aryl methyl sites for hydroxylation is 1. The van der Waals surface area contributed by atoms with E-state index >= 15 is 0 Å². The highest BCUT2D eigenvalue weighted by Crippen LogP contribution is 2.31. The maximum Gasteiger partial charge on any atom is 0.435 e. The summed E-state index contributed by atoms with van der Waals surface area (Å²) in [6.07, 6.45) is -3.35. The molecule has 2 aromatic heterocycles. The SMILES string of the molecule is Cn1nc(C(F)(F)F)cc1Oc1cc(C#N)cnn1. The third kappa shape index (κ3) is 2.79. The van der Waals surface area contributed by atoms with Crippen LogP contribution in [-0.2, 0) is 13.2 Å². The van der Waals surface area contributed by atoms with Crippen molar-refractivity contribution in [2.45, 2.75) is 6.18 Å². The molecule has 98 valence electrons. The Kier molecular flexibility index (Phi) is 3.08. The molecular formula is C10H6F3N5O. The van der Waals surface area contributed by atoms with Gasteiger partial charge >= 0.3 is 6.18 Å². The van der Waals surface area contributed by atoms with Gasteiger partial charge in [-0.2, -0.15) is 28.6 Å². The first-order chi connectivity index (χ1) is 8.90. The highest BCUT2D eigenvalue weighted by atomic mass is 19.4. The van der Waals surface area contributed by atoms with E-state index in [1.54, 1.807) is 0 Å². The molecule has 0 aliphatic carbocycles. The second-order valence-electron chi connectivity index (χ2n) is 3.49. The molecule has 0 aromatic carbocycles. The van der Waals surface area contributed by atoms with Gasteiger partial charge in [-0.3, -0.25) is 0 Å². The lowest BCUT2D eigenvalue weighted by molar-refractivity contribution is -0.141. The third-order valence-corrected chi connectivity index (χ3v) is 2.10. The van der Waals surface area contributed by atoms with Gasteiger partial charge in [0.05, 0.1) is 11.8 Å². The van der Waals surface area contributed by atoms with Crippen LogP contribution in [0.4, 0.5) is 13.2 Å². The molecule has 0 atom stereocenters. The van der Waals surface area contributed by atoms with Crippen molar-refractivity contribution in [1.29, 1.82) is 5.26 Å². The van der Waals surface area contributed by atoms with Crippen LogP contribution in [0.25, 0.3) is 0 Å². The maximum atomic E-state index is 12.4. The van der Waals surface area contributed by atoms with Crippen LogP contribution in [0.2, 0.25) is 0 Å². The van der Waals surface area contributed by atoms with Crippen LogP contribution in [0.5, 0.6) is 11.8 Å². The van der Waals surface area contributed by atoms with Crippen LogP contribution < -0.4 is 4.74 Å². The number of halogens is 3. The number of ether oxygens (including phenoxy) is 1. The topological polar surface area (TPSA) is 76.6 Å². The summed E-state index contributed by atoms with van der Waals surface area (Å²) in [5, 5.41) is 19.0. The number of nitriles is 1. The predicted molar refractivity (Wildman–Crippen MR) is 55.0 cm³/mol. The van der Waals surface area contributed by atoms with Crippen LogP contribution in [0.15, 0.2) is 18.3 Å². The number of nitrogens with zero attached hydrogens (tertiary/aromatic N) is 5. The normalized spacial score (nSPS) is 11.1. The standard InChI is InChI=1S/C10H6F3N5O/c1-18-9(3-7(17-18)10(11,12)13)19-8-2-6(4-14)5-15-16-8/h2-3,5H,1H3. The Labute approximate surface area is 105 Å². The first-order valence-electron chi connectivity index (χ1n) is 4.92. The smallest absolute Gasteiger partial charge is 0.419 e. The lowest BCUT2D eigenvalue weighted by Gasteiger charge is -2.02. The molecule has 0 bridgehead atoms. The van der Waals surface area contributed by atoms with E-state index in [4.69, 9.17) is 10.00 Å². The zero-order chi connectivity index (χ0) is 14.0. The molecule has 0 saturated heterocycles. The number of rotatable bonds is 2. The Bertz CT molecular complexity index is 643. The average Bonchev–Trinajstić information content (AvgIpc) is 2.71. The molecule has 0 spiro atoms. The van der Waals surface area contributed by atoms with E-state index in [0.29, 0.717) is 0 Å². The fourth-order valence-electron chi connectivity index (χ4n) is 1.25. The van der Waals surface area contributed by atoms with Gasteiger partial charge in [0.15, 0.2) is 5.69 Å². The minimum absolute atomic E-state index is 0.0872. The zero-order valence-electron chi connectivity index (χ0n) is 9.51. The van der Waals surface area contributed by atoms with Crippen molar-refractivity contribution >= 4 is 0 Å². The molecule has 9 heteroatoms. The molecule has 6 nitrogen and oxygen atoms in total. The highest BCUT2D eigenvalue weighted by Gasteiger charge is 2.35. The molecule has 0 aliphatic rings. The van der Waals surface area contributed by atoms with E-state index in [1.807, 2.05) is 6.07 Å². The quantitative estimate of drug-likeness (QED) is 0.832. The van der Waals surface area contributed by atoms with Crippen LogP contribution in [0, 0.1) is 11.3 Å². The molecule has 0 saturated carbocycles. The summed E-state index contributed by atoms with van der Waals surface area (Å²) in [5.41, 5.74) is -0.891. The molecule has 0 unspecified atom stereocenters. The maximum absolute atomic E-state index is 12.4. The van der Waals surface area contributed by atoms with Gasteiger partial charge in [0.1, 0.15) is 6.07 Å². The molecule has 0 N–H and O–H groups in total. The van der Waals surface area contributed by atoms with Gasteiger partial charge in [-0.25, -0.2) is 4.68 Å². The first kappa shape index (κ1) is 12.8. The summed E-state index contributed by atoms with van der Waals surface area (Å²) in [7, 11) is 1.30. The van der Waals surface area contributed by atoms with Gasteiger partial charge in [-0.1, -0.05) is 0 Å². The van der Waals surface area contributed by atoms with E-state index in [9.17, 15) is 13.2 Å². The molecule has 2 heterocycles. The molecule has 2 rings (SSSR count). The molecule has 0 aliphatic heterocycles. The Balaban J connectivity index is 2.29. The molecule has 0 fully saturated rings. The highest BCUT2D eigenvalue weighted by molar-refractivity contribution is 5.31. The van der Waals surface area contributed by atoms with Crippen molar-refractivity contribution in [2.24, 2.45) is 7.05 Å². The summed E-state index contributed by atoms with van der Waals surface area (Å²) in [6, 6.07) is 3.81. The molecule has 0 amide bonds. The van der Waals surface area contributed by atoms with Gasteiger partial charge in [-0.05, 0) is 0 Å². The zero-order valence-corrected chi connectivity index (χ0v) is 9.51. The number of hydrogen-bond donors (Lipinski definition) is 0. The Morgan fingerprint density at radius 3 is 2.68 bits per heavy atom. The van der Waals surface area contributed by atoms with Gasteiger partial charge in [0, 0.05) is 19.2 Å². The Morgan fingerprint density at radius 2 is 2.11 bits per heavy atom. The Morgan fingerprint density at radius 1 is 1.37 bits per heavy atom. The third-order valence-electron chi connectivity index (χ3n) is 2.10. The molecule has 0 radical (unpaired) electrons. The summed E-state index contributed by atoms with van der Waals surface area (Å²) >= 11 is 0. The number of hydrogen-bond acceptors (Lipinski definition) is 5. The van der Waals surface area contributed by atoms with Crippen molar-refractivity contribution < 1.29 is 17.9 Å². The average molecular weight is 269 g/mol. The van der Waals surface area contributed by atoms with Crippen LogP contribution >= 0.6 is 0 Å². The molecule has 19 heavy (non-hydrogen) atoms. The largest absolute Gasteiger partial charge is 0.435 e.